The summed E-state index contributed by atoms with van der Waals surface area (Å²) < 4.78 is 8.70. The molecule has 2 aliphatic rings. The van der Waals surface area contributed by atoms with Crippen molar-refractivity contribution >= 4 is 46.0 Å². The number of aromatic nitrogens is 4. The number of rotatable bonds is 6. The lowest BCUT2D eigenvalue weighted by atomic mass is 10.1. The van der Waals surface area contributed by atoms with E-state index in [1.807, 2.05) is 13.0 Å². The number of nitrogens with zero attached hydrogens (tertiary/aromatic N) is 6. The molecule has 11 nitrogen and oxygen atoms in total. The average Bonchev–Trinajstić information content (AvgIpc) is 3.61. The van der Waals surface area contributed by atoms with Crippen LogP contribution < -0.4 is 21.1 Å². The first-order valence-electron chi connectivity index (χ1n) is 13.1. The summed E-state index contributed by atoms with van der Waals surface area (Å²) in [6.45, 7) is 5.94. The third-order valence-electron chi connectivity index (χ3n) is 7.13. The maximum atomic E-state index is 13.9. The zero-order chi connectivity index (χ0) is 27.8. The van der Waals surface area contributed by atoms with E-state index in [9.17, 15) is 9.59 Å². The zero-order valence-electron chi connectivity index (χ0n) is 21.9. The minimum atomic E-state index is -0.341. The molecule has 1 saturated heterocycles. The topological polar surface area (TPSA) is 130 Å². The molecule has 2 aliphatic heterocycles. The molecule has 0 atom stereocenters. The van der Waals surface area contributed by atoms with Crippen LogP contribution in [0.3, 0.4) is 0 Å². The van der Waals surface area contributed by atoms with Gasteiger partial charge in [-0.1, -0.05) is 18.5 Å². The number of hydrogen-bond donors (Lipinski definition) is 2. The monoisotopic (exact) mass is 578 g/mol. The van der Waals surface area contributed by atoms with Crippen molar-refractivity contribution < 1.29 is 9.53 Å². The molecule has 0 bridgehead atoms. The molecule has 0 spiro atoms. The van der Waals surface area contributed by atoms with Gasteiger partial charge in [0.25, 0.3) is 5.56 Å². The molecule has 206 valence electrons. The van der Waals surface area contributed by atoms with Gasteiger partial charge in [0.15, 0.2) is 5.82 Å². The Hall–Kier alpha value is -3.76. The number of ether oxygens (including phenoxy) is 1. The normalized spacial score (nSPS) is 15.2. The minimum absolute atomic E-state index is 0.102. The first kappa shape index (κ1) is 26.5. The van der Waals surface area contributed by atoms with E-state index < -0.39 is 0 Å². The van der Waals surface area contributed by atoms with Gasteiger partial charge in [-0.3, -0.25) is 9.59 Å². The number of carbonyl (C=O) groups excluding carboxylic acids is 1. The molecule has 2 N–H and O–H groups in total. The Morgan fingerprint density at radius 3 is 2.85 bits per heavy atom. The fraction of sp³-hybridized carbons (Fsp3) is 0.370. The van der Waals surface area contributed by atoms with Crippen LogP contribution in [0.25, 0.3) is 16.5 Å². The van der Waals surface area contributed by atoms with Crippen molar-refractivity contribution in [3.63, 3.8) is 0 Å². The van der Waals surface area contributed by atoms with Gasteiger partial charge in [0.2, 0.25) is 11.7 Å². The van der Waals surface area contributed by atoms with Crippen LogP contribution in [-0.4, -0.2) is 57.9 Å². The molecule has 5 heterocycles. The van der Waals surface area contributed by atoms with Gasteiger partial charge in [-0.25, -0.2) is 0 Å². The Balaban J connectivity index is 1.45. The first-order chi connectivity index (χ1) is 19.5. The second-order valence-electron chi connectivity index (χ2n) is 9.64. The number of halogens is 1. The van der Waals surface area contributed by atoms with Crippen molar-refractivity contribution in [1.29, 1.82) is 5.26 Å². The van der Waals surface area contributed by atoms with Gasteiger partial charge in [-0.05, 0) is 42.7 Å². The SMILES string of the molecule is CCc1c(N2CCNCC2)c(=O)n2nc(-c3cc4c(s3)COCC4)nc2n1CC(=O)Nc1ccc(C#N)cc1Cl. The molecule has 4 aromatic rings. The summed E-state index contributed by atoms with van der Waals surface area (Å²) in [5.41, 5.74) is 3.03. The Bertz CT molecular complexity index is 1690. The Kier molecular flexibility index (Phi) is 7.29. The van der Waals surface area contributed by atoms with Gasteiger partial charge < -0.3 is 24.8 Å². The van der Waals surface area contributed by atoms with Crippen molar-refractivity contribution in [2.24, 2.45) is 0 Å². The number of anilines is 2. The molecule has 13 heteroatoms. The van der Waals surface area contributed by atoms with Gasteiger partial charge >= 0.3 is 0 Å². The lowest BCUT2D eigenvalue weighted by molar-refractivity contribution is -0.116. The van der Waals surface area contributed by atoms with E-state index in [-0.39, 0.29) is 23.0 Å². The smallest absolute Gasteiger partial charge is 0.299 e. The molecule has 1 aromatic carbocycles. The molecule has 1 amide bonds. The van der Waals surface area contributed by atoms with E-state index in [0.29, 0.717) is 61.3 Å². The highest BCUT2D eigenvalue weighted by atomic mass is 35.5. The molecule has 0 saturated carbocycles. The summed E-state index contributed by atoms with van der Waals surface area (Å²) in [6.07, 6.45) is 1.35. The number of nitriles is 1. The average molecular weight is 579 g/mol. The molecule has 0 unspecified atom stereocenters. The second kappa shape index (κ2) is 11.0. The first-order valence-corrected chi connectivity index (χ1v) is 14.3. The van der Waals surface area contributed by atoms with Gasteiger partial charge in [0.1, 0.15) is 12.2 Å². The van der Waals surface area contributed by atoms with Crippen LogP contribution in [0.4, 0.5) is 11.4 Å². The Labute approximate surface area is 239 Å². The molecular weight excluding hydrogens is 552 g/mol. The predicted octanol–water partition coefficient (Wildman–Crippen LogP) is 2.83. The standard InChI is InChI=1S/C27H27ClN8O3S/c1-2-20-24(34-8-6-30-7-9-34)26(38)36-27(32-25(33-36)21-12-17-5-10-39-15-22(17)40-21)35(20)14-23(37)31-19-4-3-16(13-29)11-18(19)28/h3-4,11-12,30H,2,5-10,14-15H2,1H3,(H,31,37). The fourth-order valence-electron chi connectivity index (χ4n) is 5.20. The van der Waals surface area contributed by atoms with Crippen LogP contribution >= 0.6 is 22.9 Å². The summed E-state index contributed by atoms with van der Waals surface area (Å²) in [4.78, 5) is 36.1. The van der Waals surface area contributed by atoms with Crippen LogP contribution in [0.5, 0.6) is 0 Å². The highest BCUT2D eigenvalue weighted by Gasteiger charge is 2.27. The van der Waals surface area contributed by atoms with E-state index in [1.54, 1.807) is 28.0 Å². The number of fused-ring (bicyclic) bond motifs is 2. The second-order valence-corrected chi connectivity index (χ2v) is 11.2. The molecule has 6 rings (SSSR count). The quantitative estimate of drug-likeness (QED) is 0.357. The summed E-state index contributed by atoms with van der Waals surface area (Å²) in [5, 5.41) is 20.2. The Morgan fingerprint density at radius 1 is 1.30 bits per heavy atom. The summed E-state index contributed by atoms with van der Waals surface area (Å²) in [7, 11) is 0. The van der Waals surface area contributed by atoms with E-state index in [0.717, 1.165) is 35.0 Å². The lowest BCUT2D eigenvalue weighted by Crippen LogP contribution is -2.47. The highest BCUT2D eigenvalue weighted by molar-refractivity contribution is 7.15. The zero-order valence-corrected chi connectivity index (χ0v) is 23.4. The molecular formula is C27H27ClN8O3S. The number of hydrogen-bond acceptors (Lipinski definition) is 9. The summed E-state index contributed by atoms with van der Waals surface area (Å²) >= 11 is 7.88. The number of nitrogens with one attached hydrogen (secondary N) is 2. The molecule has 3 aromatic heterocycles. The number of carbonyl (C=O) groups is 1. The number of thiophene rings is 1. The number of amides is 1. The summed E-state index contributed by atoms with van der Waals surface area (Å²) in [6, 6.07) is 8.81. The van der Waals surface area contributed by atoms with Crippen LogP contribution in [0, 0.1) is 11.3 Å². The maximum Gasteiger partial charge on any atom is 0.299 e. The number of benzene rings is 1. The Morgan fingerprint density at radius 2 is 2.12 bits per heavy atom. The van der Waals surface area contributed by atoms with E-state index in [1.165, 1.54) is 16.1 Å². The van der Waals surface area contributed by atoms with Crippen LogP contribution in [0.2, 0.25) is 5.02 Å². The van der Waals surface area contributed by atoms with E-state index in [2.05, 4.69) is 26.7 Å². The maximum absolute atomic E-state index is 13.9. The van der Waals surface area contributed by atoms with Crippen molar-refractivity contribution in [3.8, 4) is 16.8 Å². The fourth-order valence-corrected chi connectivity index (χ4v) is 6.51. The molecule has 40 heavy (non-hydrogen) atoms. The van der Waals surface area contributed by atoms with Crippen molar-refractivity contribution in [2.75, 3.05) is 43.0 Å². The third kappa shape index (κ3) is 4.86. The summed E-state index contributed by atoms with van der Waals surface area (Å²) in [5.74, 6) is 0.408. The lowest BCUT2D eigenvalue weighted by Gasteiger charge is -2.31. The molecule has 1 fully saturated rings. The third-order valence-corrected chi connectivity index (χ3v) is 8.59. The van der Waals surface area contributed by atoms with Crippen LogP contribution in [0.1, 0.15) is 28.6 Å². The van der Waals surface area contributed by atoms with Crippen LogP contribution in [-0.2, 0) is 35.5 Å². The van der Waals surface area contributed by atoms with Gasteiger partial charge in [-0.15, -0.1) is 16.4 Å². The van der Waals surface area contributed by atoms with Crippen molar-refractivity contribution in [3.05, 3.63) is 61.3 Å². The number of piperazine rings is 1. The van der Waals surface area contributed by atoms with Gasteiger partial charge in [-0.2, -0.15) is 14.8 Å². The van der Waals surface area contributed by atoms with Crippen molar-refractivity contribution in [1.82, 2.24) is 24.5 Å². The predicted molar refractivity (Wildman–Crippen MR) is 153 cm³/mol. The van der Waals surface area contributed by atoms with Crippen molar-refractivity contribution in [2.45, 2.75) is 32.9 Å². The minimum Gasteiger partial charge on any atom is -0.376 e. The van der Waals surface area contributed by atoms with E-state index in [4.69, 9.17) is 26.6 Å². The van der Waals surface area contributed by atoms with Gasteiger partial charge in [0, 0.05) is 31.1 Å². The van der Waals surface area contributed by atoms with Gasteiger partial charge in [0.05, 0.1) is 46.1 Å². The molecule has 0 radical (unpaired) electrons. The van der Waals surface area contributed by atoms with Crippen LogP contribution in [0.15, 0.2) is 29.1 Å². The van der Waals surface area contributed by atoms with E-state index >= 15 is 0 Å². The molecule has 0 aliphatic carbocycles. The highest BCUT2D eigenvalue weighted by Crippen LogP contribution is 2.33. The largest absolute Gasteiger partial charge is 0.376 e.